The first-order chi connectivity index (χ1) is 11.9. The summed E-state index contributed by atoms with van der Waals surface area (Å²) in [6.45, 7) is 0.610. The molecule has 3 aromatic heterocycles. The number of hydrogen-bond acceptors (Lipinski definition) is 3. The van der Waals surface area contributed by atoms with Crippen molar-refractivity contribution in [3.63, 3.8) is 0 Å². The Labute approximate surface area is 140 Å². The van der Waals surface area contributed by atoms with Crippen molar-refractivity contribution in [1.82, 2.24) is 19.9 Å². The van der Waals surface area contributed by atoms with Gasteiger partial charge in [-0.25, -0.2) is 9.97 Å². The van der Waals surface area contributed by atoms with Crippen LogP contribution < -0.4 is 0 Å². The van der Waals surface area contributed by atoms with Crippen molar-refractivity contribution in [1.29, 1.82) is 0 Å². The van der Waals surface area contributed by atoms with Crippen LogP contribution in [-0.4, -0.2) is 45.0 Å². The van der Waals surface area contributed by atoms with Crippen LogP contribution in [0.15, 0.2) is 30.7 Å². The SMILES string of the molecule is O=C(CC(F)(F)F)N1CCC(c2cnc3ncc4[nH]cccc4c23)C1. The van der Waals surface area contributed by atoms with Crippen LogP contribution in [-0.2, 0) is 4.79 Å². The molecule has 0 bridgehead atoms. The molecule has 1 unspecified atom stereocenters. The van der Waals surface area contributed by atoms with Gasteiger partial charge in [0, 0.05) is 42.2 Å². The lowest BCUT2D eigenvalue weighted by Gasteiger charge is -2.17. The summed E-state index contributed by atoms with van der Waals surface area (Å²) in [7, 11) is 0. The number of hydrogen-bond donors (Lipinski definition) is 1. The third-order valence-electron chi connectivity index (χ3n) is 4.64. The Hall–Kier alpha value is -2.64. The summed E-state index contributed by atoms with van der Waals surface area (Å²) in [4.78, 5) is 24.9. The van der Waals surface area contributed by atoms with E-state index in [-0.39, 0.29) is 12.5 Å². The molecule has 1 aliphatic rings. The van der Waals surface area contributed by atoms with Gasteiger partial charge < -0.3 is 9.88 Å². The van der Waals surface area contributed by atoms with Gasteiger partial charge in [-0.3, -0.25) is 4.79 Å². The Morgan fingerprint density at radius 2 is 2.12 bits per heavy atom. The lowest BCUT2D eigenvalue weighted by atomic mass is 9.97. The Morgan fingerprint density at radius 3 is 2.92 bits per heavy atom. The minimum absolute atomic E-state index is 0.0326. The maximum Gasteiger partial charge on any atom is 0.397 e. The van der Waals surface area contributed by atoms with Crippen molar-refractivity contribution in [2.45, 2.75) is 24.9 Å². The lowest BCUT2D eigenvalue weighted by molar-refractivity contribution is -0.160. The number of likely N-dealkylation sites (tertiary alicyclic amines) is 1. The molecular formula is C17H15F3N4O. The maximum absolute atomic E-state index is 12.4. The van der Waals surface area contributed by atoms with Gasteiger partial charge in [0.05, 0.1) is 11.7 Å². The highest BCUT2D eigenvalue weighted by Gasteiger charge is 2.36. The molecule has 4 rings (SSSR count). The first-order valence-corrected chi connectivity index (χ1v) is 7.97. The molecule has 1 N–H and O–H groups in total. The molecule has 5 nitrogen and oxygen atoms in total. The van der Waals surface area contributed by atoms with Crippen molar-refractivity contribution >= 4 is 27.8 Å². The summed E-state index contributed by atoms with van der Waals surface area (Å²) in [5.41, 5.74) is 2.42. The number of alkyl halides is 3. The number of rotatable bonds is 2. The second-order valence-electron chi connectivity index (χ2n) is 6.29. The van der Waals surface area contributed by atoms with E-state index in [2.05, 4.69) is 15.0 Å². The summed E-state index contributed by atoms with van der Waals surface area (Å²) >= 11 is 0. The molecule has 3 aromatic rings. The zero-order valence-corrected chi connectivity index (χ0v) is 13.2. The van der Waals surface area contributed by atoms with Crippen LogP contribution in [0.25, 0.3) is 21.9 Å². The zero-order chi connectivity index (χ0) is 17.6. The molecule has 1 aliphatic heterocycles. The molecule has 130 valence electrons. The zero-order valence-electron chi connectivity index (χ0n) is 13.2. The van der Waals surface area contributed by atoms with Crippen LogP contribution in [0.2, 0.25) is 0 Å². The second kappa shape index (κ2) is 5.72. The number of carbonyl (C=O) groups excluding carboxylic acids is 1. The summed E-state index contributed by atoms with van der Waals surface area (Å²) < 4.78 is 37.3. The molecule has 1 saturated heterocycles. The fourth-order valence-corrected chi connectivity index (χ4v) is 3.50. The van der Waals surface area contributed by atoms with Crippen LogP contribution in [0.1, 0.15) is 24.3 Å². The van der Waals surface area contributed by atoms with E-state index in [9.17, 15) is 18.0 Å². The first kappa shape index (κ1) is 15.9. The van der Waals surface area contributed by atoms with Gasteiger partial charge in [0.1, 0.15) is 6.42 Å². The third kappa shape index (κ3) is 2.92. The molecule has 4 heterocycles. The Balaban J connectivity index is 1.65. The topological polar surface area (TPSA) is 61.9 Å². The molecule has 1 atom stereocenters. The number of fused-ring (bicyclic) bond motifs is 3. The van der Waals surface area contributed by atoms with E-state index in [1.165, 1.54) is 4.90 Å². The maximum atomic E-state index is 12.4. The lowest BCUT2D eigenvalue weighted by Crippen LogP contribution is -2.32. The van der Waals surface area contributed by atoms with E-state index in [4.69, 9.17) is 0 Å². The fraction of sp³-hybridized carbons (Fsp3) is 0.353. The van der Waals surface area contributed by atoms with Crippen LogP contribution in [0.5, 0.6) is 0 Å². The average Bonchev–Trinajstić information content (AvgIpc) is 3.20. The Bertz CT molecular complexity index is 950. The van der Waals surface area contributed by atoms with E-state index in [0.717, 1.165) is 21.9 Å². The highest BCUT2D eigenvalue weighted by Crippen LogP contribution is 2.35. The summed E-state index contributed by atoms with van der Waals surface area (Å²) in [6, 6.07) is 3.84. The number of pyridine rings is 2. The van der Waals surface area contributed by atoms with Crippen LogP contribution in [0.4, 0.5) is 13.2 Å². The van der Waals surface area contributed by atoms with Gasteiger partial charge >= 0.3 is 6.18 Å². The Morgan fingerprint density at radius 1 is 1.32 bits per heavy atom. The minimum atomic E-state index is -4.47. The number of amides is 1. The molecule has 0 radical (unpaired) electrons. The average molecular weight is 348 g/mol. The molecule has 0 aromatic carbocycles. The van der Waals surface area contributed by atoms with E-state index in [1.54, 1.807) is 18.6 Å². The van der Waals surface area contributed by atoms with Gasteiger partial charge in [-0.1, -0.05) is 6.07 Å². The summed E-state index contributed by atoms with van der Waals surface area (Å²) in [5, 5.41) is 1.88. The van der Waals surface area contributed by atoms with Gasteiger partial charge in [-0.2, -0.15) is 13.2 Å². The van der Waals surface area contributed by atoms with E-state index in [0.29, 0.717) is 18.6 Å². The number of halogens is 3. The van der Waals surface area contributed by atoms with E-state index >= 15 is 0 Å². The largest absolute Gasteiger partial charge is 0.397 e. The Kier molecular flexibility index (Phi) is 3.63. The number of aromatic amines is 1. The summed E-state index contributed by atoms with van der Waals surface area (Å²) in [6.07, 6.45) is -0.00997. The van der Waals surface area contributed by atoms with Crippen LogP contribution >= 0.6 is 0 Å². The van der Waals surface area contributed by atoms with Crippen molar-refractivity contribution in [3.05, 3.63) is 36.3 Å². The molecule has 25 heavy (non-hydrogen) atoms. The molecular weight excluding hydrogens is 333 g/mol. The normalized spacial score (nSPS) is 18.4. The molecule has 1 amide bonds. The van der Waals surface area contributed by atoms with Gasteiger partial charge in [-0.05, 0) is 18.1 Å². The fourth-order valence-electron chi connectivity index (χ4n) is 3.50. The van der Waals surface area contributed by atoms with Crippen LogP contribution in [0, 0.1) is 0 Å². The monoisotopic (exact) mass is 348 g/mol. The molecule has 0 saturated carbocycles. The third-order valence-corrected chi connectivity index (χ3v) is 4.64. The predicted octanol–water partition coefficient (Wildman–Crippen LogP) is 3.38. The van der Waals surface area contributed by atoms with Gasteiger partial charge in [0.2, 0.25) is 5.91 Å². The standard InChI is InChI=1S/C17H15F3N4O/c18-17(19,20)6-14(25)24-5-3-10(9-24)12-7-22-16-15(12)11-2-1-4-21-13(11)8-23-16/h1-2,4,7-8,10,21H,3,5-6,9H2. The molecule has 1 fully saturated rings. The predicted molar refractivity (Wildman–Crippen MR) is 86.0 cm³/mol. The number of carbonyl (C=O) groups is 1. The van der Waals surface area contributed by atoms with E-state index < -0.39 is 18.5 Å². The molecule has 0 aliphatic carbocycles. The van der Waals surface area contributed by atoms with Gasteiger partial charge in [0.25, 0.3) is 0 Å². The van der Waals surface area contributed by atoms with Gasteiger partial charge in [-0.15, -0.1) is 0 Å². The van der Waals surface area contributed by atoms with Crippen LogP contribution in [0.3, 0.4) is 0 Å². The molecule has 0 spiro atoms. The second-order valence-corrected chi connectivity index (χ2v) is 6.29. The quantitative estimate of drug-likeness (QED) is 0.772. The van der Waals surface area contributed by atoms with E-state index in [1.807, 2.05) is 12.1 Å². The van der Waals surface area contributed by atoms with Crippen molar-refractivity contribution in [3.8, 4) is 0 Å². The van der Waals surface area contributed by atoms with Crippen molar-refractivity contribution in [2.75, 3.05) is 13.1 Å². The highest BCUT2D eigenvalue weighted by atomic mass is 19.4. The summed E-state index contributed by atoms with van der Waals surface area (Å²) in [5.74, 6) is -0.898. The first-order valence-electron chi connectivity index (χ1n) is 7.97. The number of nitrogens with one attached hydrogen (secondary N) is 1. The van der Waals surface area contributed by atoms with Crippen molar-refractivity contribution < 1.29 is 18.0 Å². The van der Waals surface area contributed by atoms with Crippen molar-refractivity contribution in [2.24, 2.45) is 0 Å². The van der Waals surface area contributed by atoms with Gasteiger partial charge in [0.15, 0.2) is 5.65 Å². The minimum Gasteiger partial charge on any atom is -0.360 e. The smallest absolute Gasteiger partial charge is 0.360 e. The highest BCUT2D eigenvalue weighted by molar-refractivity contribution is 6.05. The molecule has 8 heteroatoms. The number of nitrogens with zero attached hydrogens (tertiary/aromatic N) is 3. The number of H-pyrrole nitrogens is 1. The number of aromatic nitrogens is 3.